The Morgan fingerprint density at radius 2 is 2.00 bits per heavy atom. The number of hydrogen-bond acceptors (Lipinski definition) is 0. The molecule has 1 radical (unpaired) electrons. The van der Waals surface area contributed by atoms with E-state index >= 15 is 0 Å². The summed E-state index contributed by atoms with van der Waals surface area (Å²) in [6.45, 7) is 1.94. The van der Waals surface area contributed by atoms with E-state index in [9.17, 15) is 8.78 Å². The molecule has 1 rings (SSSR count). The topological polar surface area (TPSA) is 0 Å². The summed E-state index contributed by atoms with van der Waals surface area (Å²) in [6, 6.07) is 4.03. The smallest absolute Gasteiger partial charge is 0.159 e. The van der Waals surface area contributed by atoms with E-state index in [1.807, 2.05) is 13.3 Å². The normalized spacial score (nSPS) is 10.2. The largest absolute Gasteiger partial charge is 0.204 e. The third-order valence-electron chi connectivity index (χ3n) is 1.71. The van der Waals surface area contributed by atoms with Gasteiger partial charge in [-0.2, -0.15) is 0 Å². The molecule has 0 amide bonds. The van der Waals surface area contributed by atoms with Crippen LogP contribution in [0.2, 0.25) is 0 Å². The van der Waals surface area contributed by atoms with Gasteiger partial charge < -0.3 is 0 Å². The maximum atomic E-state index is 12.6. The quantitative estimate of drug-likeness (QED) is 0.652. The fraction of sp³-hybridized carbons (Fsp3) is 0.300. The molecule has 1 aromatic rings. The van der Waals surface area contributed by atoms with Crippen LogP contribution < -0.4 is 0 Å². The van der Waals surface area contributed by atoms with E-state index in [2.05, 4.69) is 0 Å². The molecule has 0 fully saturated rings. The van der Waals surface area contributed by atoms with Gasteiger partial charge in [0.2, 0.25) is 0 Å². The Balaban J connectivity index is 2.69. The molecule has 0 spiro atoms. The summed E-state index contributed by atoms with van der Waals surface area (Å²) in [7, 11) is 0. The standard InChI is InChI=1S/C10H11F2/c1-2-3-4-8-5-6-9(11)10(12)7-8/h2,5-7H,3-4H2,1H3. The molecule has 0 unspecified atom stereocenters. The molecule has 12 heavy (non-hydrogen) atoms. The van der Waals surface area contributed by atoms with Gasteiger partial charge in [-0.1, -0.05) is 13.0 Å². The Morgan fingerprint density at radius 3 is 2.58 bits per heavy atom. The number of hydrogen-bond donors (Lipinski definition) is 0. The molecule has 0 aliphatic rings. The van der Waals surface area contributed by atoms with Crippen LogP contribution in [0, 0.1) is 18.1 Å². The lowest BCUT2D eigenvalue weighted by atomic mass is 10.1. The number of rotatable bonds is 3. The zero-order chi connectivity index (χ0) is 8.97. The lowest BCUT2D eigenvalue weighted by molar-refractivity contribution is 0.507. The SMILES string of the molecule is C[CH]CCc1ccc(F)c(F)c1. The van der Waals surface area contributed by atoms with Gasteiger partial charge in [-0.25, -0.2) is 8.78 Å². The van der Waals surface area contributed by atoms with Crippen LogP contribution >= 0.6 is 0 Å². The first-order chi connectivity index (χ1) is 5.74. The molecule has 0 aliphatic heterocycles. The molecule has 0 nitrogen and oxygen atoms in total. The van der Waals surface area contributed by atoms with E-state index in [-0.39, 0.29) is 0 Å². The molecule has 0 saturated carbocycles. The average molecular weight is 169 g/mol. The van der Waals surface area contributed by atoms with Gasteiger partial charge in [0.05, 0.1) is 0 Å². The van der Waals surface area contributed by atoms with Crippen molar-refractivity contribution in [3.05, 3.63) is 41.8 Å². The molecule has 0 atom stereocenters. The fourth-order valence-electron chi connectivity index (χ4n) is 1.01. The molecule has 0 N–H and O–H groups in total. The van der Waals surface area contributed by atoms with Gasteiger partial charge in [0.1, 0.15) is 0 Å². The van der Waals surface area contributed by atoms with Crippen LogP contribution in [0.3, 0.4) is 0 Å². The summed E-state index contributed by atoms with van der Waals surface area (Å²) in [5, 5.41) is 0. The van der Waals surface area contributed by atoms with Crippen molar-refractivity contribution in [3.63, 3.8) is 0 Å². The minimum atomic E-state index is -0.778. The predicted molar refractivity (Wildman–Crippen MR) is 44.7 cm³/mol. The van der Waals surface area contributed by atoms with Crippen molar-refractivity contribution in [1.82, 2.24) is 0 Å². The third-order valence-corrected chi connectivity index (χ3v) is 1.71. The molecule has 0 heterocycles. The van der Waals surface area contributed by atoms with Crippen molar-refractivity contribution >= 4 is 0 Å². The summed E-state index contributed by atoms with van der Waals surface area (Å²) in [4.78, 5) is 0. The first kappa shape index (κ1) is 9.17. The van der Waals surface area contributed by atoms with Crippen LogP contribution in [0.1, 0.15) is 18.9 Å². The summed E-state index contributed by atoms with van der Waals surface area (Å²) in [5.74, 6) is -1.54. The van der Waals surface area contributed by atoms with Gasteiger partial charge in [-0.3, -0.25) is 0 Å². The molecular weight excluding hydrogens is 158 g/mol. The van der Waals surface area contributed by atoms with E-state index in [0.717, 1.165) is 18.4 Å². The summed E-state index contributed by atoms with van der Waals surface area (Å²) >= 11 is 0. The predicted octanol–water partition coefficient (Wildman–Crippen LogP) is 3.12. The first-order valence-electron chi connectivity index (χ1n) is 3.96. The average Bonchev–Trinajstić information content (AvgIpc) is 2.07. The highest BCUT2D eigenvalue weighted by molar-refractivity contribution is 5.17. The Morgan fingerprint density at radius 1 is 1.25 bits per heavy atom. The van der Waals surface area contributed by atoms with E-state index < -0.39 is 11.6 Å². The zero-order valence-electron chi connectivity index (χ0n) is 6.98. The van der Waals surface area contributed by atoms with E-state index in [1.54, 1.807) is 6.07 Å². The summed E-state index contributed by atoms with van der Waals surface area (Å²) < 4.78 is 25.1. The number of unbranched alkanes of at least 4 members (excludes halogenated alkanes) is 1. The highest BCUT2D eigenvalue weighted by atomic mass is 19.2. The van der Waals surface area contributed by atoms with E-state index in [4.69, 9.17) is 0 Å². The van der Waals surface area contributed by atoms with Crippen molar-refractivity contribution in [2.75, 3.05) is 0 Å². The number of aryl methyl sites for hydroxylation is 1. The van der Waals surface area contributed by atoms with Gasteiger partial charge in [-0.05, 0) is 37.0 Å². The third kappa shape index (κ3) is 2.29. The van der Waals surface area contributed by atoms with Crippen LogP contribution in [0.4, 0.5) is 8.78 Å². The fourth-order valence-corrected chi connectivity index (χ4v) is 1.01. The van der Waals surface area contributed by atoms with Crippen LogP contribution in [-0.2, 0) is 6.42 Å². The van der Waals surface area contributed by atoms with Gasteiger partial charge >= 0.3 is 0 Å². The minimum absolute atomic E-state index is 0.761. The molecular formula is C10H11F2. The lowest BCUT2D eigenvalue weighted by Crippen LogP contribution is -1.89. The van der Waals surface area contributed by atoms with Crippen molar-refractivity contribution in [3.8, 4) is 0 Å². The lowest BCUT2D eigenvalue weighted by Gasteiger charge is -1.99. The second-order valence-corrected chi connectivity index (χ2v) is 2.70. The molecule has 1 aromatic carbocycles. The maximum absolute atomic E-state index is 12.6. The Kier molecular flexibility index (Phi) is 3.20. The minimum Gasteiger partial charge on any atom is -0.204 e. The second kappa shape index (κ2) is 4.19. The maximum Gasteiger partial charge on any atom is 0.159 e. The van der Waals surface area contributed by atoms with Gasteiger partial charge in [-0.15, -0.1) is 0 Å². The molecule has 65 valence electrons. The Bertz CT molecular complexity index is 256. The van der Waals surface area contributed by atoms with Crippen molar-refractivity contribution in [2.24, 2.45) is 0 Å². The second-order valence-electron chi connectivity index (χ2n) is 2.70. The summed E-state index contributed by atoms with van der Waals surface area (Å²) in [6.07, 6.45) is 3.67. The number of halogens is 2. The first-order valence-corrected chi connectivity index (χ1v) is 3.96. The van der Waals surface area contributed by atoms with Crippen molar-refractivity contribution < 1.29 is 8.78 Å². The molecule has 0 saturated heterocycles. The Hall–Kier alpha value is -0.920. The molecule has 0 aromatic heterocycles. The molecule has 2 heteroatoms. The highest BCUT2D eigenvalue weighted by Crippen LogP contribution is 2.10. The highest BCUT2D eigenvalue weighted by Gasteiger charge is 2.01. The number of benzene rings is 1. The van der Waals surface area contributed by atoms with Crippen molar-refractivity contribution in [2.45, 2.75) is 19.8 Å². The van der Waals surface area contributed by atoms with Crippen LogP contribution in [0.25, 0.3) is 0 Å². The van der Waals surface area contributed by atoms with Gasteiger partial charge in [0.15, 0.2) is 11.6 Å². The Labute approximate surface area is 71.2 Å². The van der Waals surface area contributed by atoms with Crippen LogP contribution in [-0.4, -0.2) is 0 Å². The van der Waals surface area contributed by atoms with Crippen molar-refractivity contribution in [1.29, 1.82) is 0 Å². The van der Waals surface area contributed by atoms with E-state index in [1.165, 1.54) is 12.1 Å². The van der Waals surface area contributed by atoms with Gasteiger partial charge in [0.25, 0.3) is 0 Å². The van der Waals surface area contributed by atoms with Crippen LogP contribution in [0.5, 0.6) is 0 Å². The summed E-state index contributed by atoms with van der Waals surface area (Å²) in [5.41, 5.74) is 0.840. The molecule has 0 aliphatic carbocycles. The monoisotopic (exact) mass is 169 g/mol. The zero-order valence-corrected chi connectivity index (χ0v) is 6.98. The molecule has 0 bridgehead atoms. The van der Waals surface area contributed by atoms with Gasteiger partial charge in [0, 0.05) is 0 Å². The van der Waals surface area contributed by atoms with E-state index in [0.29, 0.717) is 0 Å². The van der Waals surface area contributed by atoms with Crippen LogP contribution in [0.15, 0.2) is 18.2 Å².